The van der Waals surface area contributed by atoms with Crippen molar-refractivity contribution in [3.8, 4) is 0 Å². The predicted octanol–water partition coefficient (Wildman–Crippen LogP) is 2.09. The summed E-state index contributed by atoms with van der Waals surface area (Å²) in [5.74, 6) is -0.102. The van der Waals surface area contributed by atoms with Crippen LogP contribution < -0.4 is 11.1 Å². The van der Waals surface area contributed by atoms with Crippen molar-refractivity contribution in [1.29, 1.82) is 0 Å². The molecule has 6 heteroatoms. The van der Waals surface area contributed by atoms with E-state index < -0.39 is 0 Å². The van der Waals surface area contributed by atoms with Crippen LogP contribution in [0.5, 0.6) is 0 Å². The largest absolute Gasteiger partial charge is 0.377 e. The van der Waals surface area contributed by atoms with E-state index in [2.05, 4.69) is 5.32 Å². The second-order valence-electron chi connectivity index (χ2n) is 4.89. The highest BCUT2D eigenvalue weighted by Crippen LogP contribution is 2.21. The highest BCUT2D eigenvalue weighted by Gasteiger charge is 2.29. The second kappa shape index (κ2) is 9.00. The first kappa shape index (κ1) is 17.9. The van der Waals surface area contributed by atoms with E-state index in [1.54, 1.807) is 0 Å². The lowest BCUT2D eigenvalue weighted by atomic mass is 10.1. The summed E-state index contributed by atoms with van der Waals surface area (Å²) >= 11 is 0. The minimum Gasteiger partial charge on any atom is -0.377 e. The lowest BCUT2D eigenvalue weighted by Gasteiger charge is -2.13. The van der Waals surface area contributed by atoms with Gasteiger partial charge in [0.1, 0.15) is 6.10 Å². The fraction of sp³-hybridized carbons (Fsp3) is 0.533. The molecule has 2 rings (SSSR count). The van der Waals surface area contributed by atoms with Crippen molar-refractivity contribution in [2.24, 2.45) is 5.73 Å². The van der Waals surface area contributed by atoms with Crippen LogP contribution in [0, 0.1) is 0 Å². The summed E-state index contributed by atoms with van der Waals surface area (Å²) in [7, 11) is 0. The number of carbonyl (C=O) groups excluding carboxylic acids is 1. The van der Waals surface area contributed by atoms with E-state index in [9.17, 15) is 4.79 Å². The van der Waals surface area contributed by atoms with Crippen LogP contribution >= 0.6 is 12.4 Å². The highest BCUT2D eigenvalue weighted by atomic mass is 35.5. The molecule has 0 bridgehead atoms. The third kappa shape index (κ3) is 5.28. The Bertz CT molecular complexity index is 456. The lowest BCUT2D eigenvalue weighted by molar-refractivity contribution is -0.126. The Morgan fingerprint density at radius 3 is 2.95 bits per heavy atom. The number of benzene rings is 1. The van der Waals surface area contributed by atoms with Gasteiger partial charge in [0.25, 0.3) is 5.91 Å². The third-order valence-corrected chi connectivity index (χ3v) is 3.33. The summed E-state index contributed by atoms with van der Waals surface area (Å²) in [4.78, 5) is 12.1. The number of carbonyl (C=O) groups is 1. The quantitative estimate of drug-likeness (QED) is 0.843. The van der Waals surface area contributed by atoms with Crippen LogP contribution in [0.15, 0.2) is 24.3 Å². The smallest absolute Gasteiger partial charge is 0.253 e. The molecule has 0 spiro atoms. The van der Waals surface area contributed by atoms with E-state index in [0.717, 1.165) is 24.1 Å². The van der Waals surface area contributed by atoms with Crippen molar-refractivity contribution in [1.82, 2.24) is 0 Å². The summed E-state index contributed by atoms with van der Waals surface area (Å²) < 4.78 is 10.9. The number of anilines is 1. The second-order valence-corrected chi connectivity index (χ2v) is 4.89. The molecule has 0 radical (unpaired) electrons. The highest BCUT2D eigenvalue weighted by molar-refractivity contribution is 5.94. The van der Waals surface area contributed by atoms with E-state index >= 15 is 0 Å². The number of rotatable bonds is 6. The minimum absolute atomic E-state index is 0. The molecule has 3 N–H and O–H groups in total. The zero-order chi connectivity index (χ0) is 14.4. The first-order valence-corrected chi connectivity index (χ1v) is 7.06. The molecule has 1 aliphatic heterocycles. The Morgan fingerprint density at radius 1 is 1.48 bits per heavy atom. The molecule has 1 aliphatic rings. The summed E-state index contributed by atoms with van der Waals surface area (Å²) in [6.45, 7) is 3.65. The maximum atomic E-state index is 12.1. The number of nitrogens with one attached hydrogen (secondary N) is 1. The number of halogens is 1. The van der Waals surface area contributed by atoms with Gasteiger partial charge in [-0.3, -0.25) is 4.79 Å². The molecule has 2 atom stereocenters. The van der Waals surface area contributed by atoms with Gasteiger partial charge < -0.3 is 20.5 Å². The van der Waals surface area contributed by atoms with Crippen LogP contribution in [-0.2, 0) is 20.9 Å². The van der Waals surface area contributed by atoms with Crippen molar-refractivity contribution in [2.45, 2.75) is 38.6 Å². The monoisotopic (exact) mass is 314 g/mol. The van der Waals surface area contributed by atoms with E-state index in [-0.39, 0.29) is 30.5 Å². The van der Waals surface area contributed by atoms with Gasteiger partial charge in [0.05, 0.1) is 12.7 Å². The SMILES string of the molecule is CCOCc1cccc(NC(=O)[C@@H]2CC[C@H](CN)O2)c1.Cl. The zero-order valence-electron chi connectivity index (χ0n) is 12.2. The van der Waals surface area contributed by atoms with Crippen LogP contribution in [0.1, 0.15) is 25.3 Å². The molecule has 0 aliphatic carbocycles. The number of hydrogen-bond donors (Lipinski definition) is 2. The third-order valence-electron chi connectivity index (χ3n) is 3.33. The van der Waals surface area contributed by atoms with Gasteiger partial charge in [0.2, 0.25) is 0 Å². The van der Waals surface area contributed by atoms with Gasteiger partial charge in [-0.05, 0) is 37.5 Å². The molecule has 5 nitrogen and oxygen atoms in total. The van der Waals surface area contributed by atoms with Gasteiger partial charge in [-0.1, -0.05) is 12.1 Å². The van der Waals surface area contributed by atoms with Crippen molar-refractivity contribution >= 4 is 24.0 Å². The number of hydrogen-bond acceptors (Lipinski definition) is 4. The normalized spacial score (nSPS) is 20.9. The van der Waals surface area contributed by atoms with Crippen molar-refractivity contribution in [3.05, 3.63) is 29.8 Å². The molecule has 1 aromatic rings. The Balaban J connectivity index is 0.00000220. The minimum atomic E-state index is -0.390. The molecule has 118 valence electrons. The molecule has 1 amide bonds. The first-order chi connectivity index (χ1) is 9.72. The molecule has 0 saturated carbocycles. The number of nitrogens with two attached hydrogens (primary N) is 1. The molecular formula is C15H23ClN2O3. The van der Waals surface area contributed by atoms with Gasteiger partial charge in [0.15, 0.2) is 0 Å². The number of amides is 1. The van der Waals surface area contributed by atoms with E-state index in [0.29, 0.717) is 19.8 Å². The predicted molar refractivity (Wildman–Crippen MR) is 84.6 cm³/mol. The van der Waals surface area contributed by atoms with Crippen molar-refractivity contribution < 1.29 is 14.3 Å². The Labute approximate surface area is 131 Å². The molecular weight excluding hydrogens is 292 g/mol. The van der Waals surface area contributed by atoms with Gasteiger partial charge in [-0.2, -0.15) is 0 Å². The van der Waals surface area contributed by atoms with E-state index in [1.165, 1.54) is 0 Å². The van der Waals surface area contributed by atoms with E-state index in [4.69, 9.17) is 15.2 Å². The summed E-state index contributed by atoms with van der Waals surface area (Å²) in [6, 6.07) is 7.66. The maximum absolute atomic E-state index is 12.1. The van der Waals surface area contributed by atoms with Gasteiger partial charge >= 0.3 is 0 Å². The topological polar surface area (TPSA) is 73.6 Å². The fourth-order valence-corrected chi connectivity index (χ4v) is 2.25. The average Bonchev–Trinajstić information content (AvgIpc) is 2.94. The molecule has 21 heavy (non-hydrogen) atoms. The van der Waals surface area contributed by atoms with Crippen LogP contribution in [0.3, 0.4) is 0 Å². The lowest BCUT2D eigenvalue weighted by Crippen LogP contribution is -2.29. The molecule has 1 aromatic carbocycles. The van der Waals surface area contributed by atoms with Crippen LogP contribution in [0.4, 0.5) is 5.69 Å². The Hall–Kier alpha value is -1.14. The van der Waals surface area contributed by atoms with Gasteiger partial charge in [-0.15, -0.1) is 12.4 Å². The summed E-state index contributed by atoms with van der Waals surface area (Å²) in [6.07, 6.45) is 1.19. The summed E-state index contributed by atoms with van der Waals surface area (Å²) in [5.41, 5.74) is 7.35. The Kier molecular flexibility index (Phi) is 7.67. The average molecular weight is 315 g/mol. The first-order valence-electron chi connectivity index (χ1n) is 7.06. The molecule has 0 unspecified atom stereocenters. The van der Waals surface area contributed by atoms with Gasteiger partial charge in [0, 0.05) is 18.8 Å². The summed E-state index contributed by atoms with van der Waals surface area (Å²) in [5, 5.41) is 2.89. The van der Waals surface area contributed by atoms with Crippen LogP contribution in [0.2, 0.25) is 0 Å². The van der Waals surface area contributed by atoms with Gasteiger partial charge in [-0.25, -0.2) is 0 Å². The molecule has 1 heterocycles. The maximum Gasteiger partial charge on any atom is 0.253 e. The fourth-order valence-electron chi connectivity index (χ4n) is 2.25. The van der Waals surface area contributed by atoms with Crippen LogP contribution in [-0.4, -0.2) is 31.3 Å². The number of ether oxygens (including phenoxy) is 2. The zero-order valence-corrected chi connectivity index (χ0v) is 13.0. The van der Waals surface area contributed by atoms with Crippen LogP contribution in [0.25, 0.3) is 0 Å². The molecule has 0 aromatic heterocycles. The molecule has 1 saturated heterocycles. The molecule has 1 fully saturated rings. The van der Waals surface area contributed by atoms with Crippen molar-refractivity contribution in [3.63, 3.8) is 0 Å². The van der Waals surface area contributed by atoms with E-state index in [1.807, 2.05) is 31.2 Å². The Morgan fingerprint density at radius 2 is 2.29 bits per heavy atom. The van der Waals surface area contributed by atoms with Crippen molar-refractivity contribution in [2.75, 3.05) is 18.5 Å². The standard InChI is InChI=1S/C15H22N2O3.ClH/c1-2-19-10-11-4-3-5-12(8-11)17-15(18)14-7-6-13(9-16)20-14;/h3-5,8,13-14H,2,6-7,9-10,16H2,1H3,(H,17,18);1H/t13-,14+;/m1./s1.